The highest BCUT2D eigenvalue weighted by Gasteiger charge is 2.01. The summed E-state index contributed by atoms with van der Waals surface area (Å²) in [6.07, 6.45) is 1.61. The first-order valence-corrected chi connectivity index (χ1v) is 6.58. The van der Waals surface area contributed by atoms with Crippen molar-refractivity contribution in [3.8, 4) is 5.75 Å². The molecule has 0 amide bonds. The smallest absolute Gasteiger partial charge is 0.191 e. The molecule has 21 heavy (non-hydrogen) atoms. The van der Waals surface area contributed by atoms with Crippen LogP contribution >= 0.6 is 12.2 Å². The number of benzene rings is 2. The quantitative estimate of drug-likeness (QED) is 0.517. The van der Waals surface area contributed by atoms with Crippen LogP contribution in [0.15, 0.2) is 53.6 Å². The summed E-state index contributed by atoms with van der Waals surface area (Å²) in [6, 6.07) is 13.7. The van der Waals surface area contributed by atoms with E-state index in [-0.39, 0.29) is 10.9 Å². The molecule has 2 N–H and O–H groups in total. The Morgan fingerprint density at radius 2 is 1.90 bits per heavy atom. The summed E-state index contributed by atoms with van der Waals surface area (Å²) < 4.78 is 18.5. The molecule has 6 heteroatoms. The maximum Gasteiger partial charge on any atom is 0.191 e. The van der Waals surface area contributed by atoms with Crippen LogP contribution in [0.1, 0.15) is 5.56 Å². The van der Waals surface area contributed by atoms with Gasteiger partial charge in [0.05, 0.1) is 19.0 Å². The van der Waals surface area contributed by atoms with E-state index < -0.39 is 0 Å². The number of hydrogen-bond acceptors (Lipinski definition) is 3. The third-order valence-corrected chi connectivity index (χ3v) is 2.81. The summed E-state index contributed by atoms with van der Waals surface area (Å²) in [5.41, 5.74) is 3.81. The van der Waals surface area contributed by atoms with Crippen LogP contribution in [0.2, 0.25) is 0 Å². The van der Waals surface area contributed by atoms with Gasteiger partial charge in [-0.2, -0.15) is 5.10 Å². The molecule has 0 aliphatic heterocycles. The van der Waals surface area contributed by atoms with E-state index in [0.717, 1.165) is 11.3 Å². The van der Waals surface area contributed by atoms with Gasteiger partial charge in [-0.1, -0.05) is 12.1 Å². The number of anilines is 1. The van der Waals surface area contributed by atoms with E-state index in [1.165, 1.54) is 6.07 Å². The first-order valence-electron chi connectivity index (χ1n) is 6.17. The van der Waals surface area contributed by atoms with Crippen LogP contribution in [-0.4, -0.2) is 18.4 Å². The molecule has 4 nitrogen and oxygen atoms in total. The third kappa shape index (κ3) is 4.54. The molecule has 0 aromatic heterocycles. The summed E-state index contributed by atoms with van der Waals surface area (Å²) in [5.74, 6) is 0.401. The molecule has 108 valence electrons. The largest absolute Gasteiger partial charge is 0.497 e. The number of rotatable bonds is 4. The van der Waals surface area contributed by atoms with Gasteiger partial charge in [0, 0.05) is 0 Å². The summed E-state index contributed by atoms with van der Waals surface area (Å²) in [7, 11) is 1.61. The van der Waals surface area contributed by atoms with Gasteiger partial charge < -0.3 is 10.1 Å². The van der Waals surface area contributed by atoms with Crippen LogP contribution in [0, 0.1) is 5.82 Å². The molecular formula is C15H14FN3OS. The van der Waals surface area contributed by atoms with Gasteiger partial charge in [-0.3, -0.25) is 5.43 Å². The highest BCUT2D eigenvalue weighted by molar-refractivity contribution is 7.80. The second kappa shape index (κ2) is 7.35. The van der Waals surface area contributed by atoms with E-state index in [1.54, 1.807) is 31.5 Å². The van der Waals surface area contributed by atoms with Crippen LogP contribution in [0.25, 0.3) is 0 Å². The van der Waals surface area contributed by atoms with E-state index >= 15 is 0 Å². The molecule has 0 bridgehead atoms. The number of methoxy groups -OCH3 is 1. The van der Waals surface area contributed by atoms with Gasteiger partial charge in [-0.25, -0.2) is 4.39 Å². The standard InChI is InChI=1S/C15H14FN3OS/c1-20-12-8-6-11(7-9-12)10-17-19-15(21)18-14-5-3-2-4-13(14)16/h2-10H,1H3,(H2,18,19,21)/b17-10-. The van der Waals surface area contributed by atoms with Gasteiger partial charge in [0.15, 0.2) is 5.11 Å². The minimum atomic E-state index is -0.374. The maximum atomic E-state index is 13.4. The minimum Gasteiger partial charge on any atom is -0.497 e. The van der Waals surface area contributed by atoms with Crippen LogP contribution in [0.5, 0.6) is 5.75 Å². The second-order valence-corrected chi connectivity index (χ2v) is 4.49. The molecule has 0 radical (unpaired) electrons. The highest BCUT2D eigenvalue weighted by atomic mass is 32.1. The van der Waals surface area contributed by atoms with Crippen molar-refractivity contribution in [3.05, 3.63) is 59.9 Å². The fourth-order valence-corrected chi connectivity index (χ4v) is 1.73. The van der Waals surface area contributed by atoms with Crippen molar-refractivity contribution in [2.24, 2.45) is 5.10 Å². The minimum absolute atomic E-state index is 0.213. The number of para-hydroxylation sites is 1. The van der Waals surface area contributed by atoms with Gasteiger partial charge in [-0.15, -0.1) is 0 Å². The molecule has 2 rings (SSSR count). The van der Waals surface area contributed by atoms with Crippen molar-refractivity contribution < 1.29 is 9.13 Å². The lowest BCUT2D eigenvalue weighted by molar-refractivity contribution is 0.415. The van der Waals surface area contributed by atoms with Crippen LogP contribution < -0.4 is 15.5 Å². The fraction of sp³-hybridized carbons (Fsp3) is 0.0667. The van der Waals surface area contributed by atoms with Crippen molar-refractivity contribution in [1.82, 2.24) is 5.43 Å². The Labute approximate surface area is 127 Å². The molecule has 2 aromatic carbocycles. The van der Waals surface area contributed by atoms with Crippen molar-refractivity contribution in [2.75, 3.05) is 12.4 Å². The topological polar surface area (TPSA) is 45.6 Å². The Hall–Kier alpha value is -2.47. The van der Waals surface area contributed by atoms with Gasteiger partial charge in [-0.05, 0) is 54.2 Å². The summed E-state index contributed by atoms with van der Waals surface area (Å²) >= 11 is 5.03. The molecule has 0 saturated heterocycles. The highest BCUT2D eigenvalue weighted by Crippen LogP contribution is 2.12. The number of hydrogen-bond donors (Lipinski definition) is 2. The molecule has 0 fully saturated rings. The predicted octanol–water partition coefficient (Wildman–Crippen LogP) is 3.15. The zero-order valence-corrected chi connectivity index (χ0v) is 12.2. The Morgan fingerprint density at radius 3 is 2.57 bits per heavy atom. The van der Waals surface area contributed by atoms with E-state index in [9.17, 15) is 4.39 Å². The zero-order valence-electron chi connectivity index (χ0n) is 11.3. The van der Waals surface area contributed by atoms with E-state index in [4.69, 9.17) is 17.0 Å². The Morgan fingerprint density at radius 1 is 1.19 bits per heavy atom. The Kier molecular flexibility index (Phi) is 5.22. The molecule has 2 aromatic rings. The number of nitrogens with zero attached hydrogens (tertiary/aromatic N) is 1. The lowest BCUT2D eigenvalue weighted by Crippen LogP contribution is -2.24. The molecule has 0 aliphatic carbocycles. The van der Waals surface area contributed by atoms with Crippen molar-refractivity contribution in [3.63, 3.8) is 0 Å². The van der Waals surface area contributed by atoms with Crippen LogP contribution in [0.3, 0.4) is 0 Å². The van der Waals surface area contributed by atoms with Gasteiger partial charge in [0.1, 0.15) is 11.6 Å². The van der Waals surface area contributed by atoms with E-state index in [0.29, 0.717) is 5.69 Å². The maximum absolute atomic E-state index is 13.4. The molecule has 0 atom stereocenters. The average molecular weight is 303 g/mol. The summed E-state index contributed by atoms with van der Waals surface area (Å²) in [4.78, 5) is 0. The second-order valence-electron chi connectivity index (χ2n) is 4.08. The first-order chi connectivity index (χ1) is 10.2. The molecule has 0 unspecified atom stereocenters. The SMILES string of the molecule is COc1ccc(/C=N\NC(=S)Nc2ccccc2F)cc1. The van der Waals surface area contributed by atoms with Gasteiger partial charge in [0.2, 0.25) is 0 Å². The first kappa shape index (κ1) is 14.9. The third-order valence-electron chi connectivity index (χ3n) is 2.62. The van der Waals surface area contributed by atoms with Crippen LogP contribution in [0.4, 0.5) is 10.1 Å². The summed E-state index contributed by atoms with van der Waals surface area (Å²) in [5, 5.41) is 6.92. The average Bonchev–Trinajstić information content (AvgIpc) is 2.50. The van der Waals surface area contributed by atoms with E-state index in [2.05, 4.69) is 15.8 Å². The van der Waals surface area contributed by atoms with Gasteiger partial charge >= 0.3 is 0 Å². The summed E-state index contributed by atoms with van der Waals surface area (Å²) in [6.45, 7) is 0. The van der Waals surface area contributed by atoms with Crippen molar-refractivity contribution >= 4 is 29.2 Å². The van der Waals surface area contributed by atoms with Crippen LogP contribution in [-0.2, 0) is 0 Å². The van der Waals surface area contributed by atoms with Crippen molar-refractivity contribution in [1.29, 1.82) is 0 Å². The monoisotopic (exact) mass is 303 g/mol. The number of hydrazone groups is 1. The number of halogens is 1. The number of ether oxygens (including phenoxy) is 1. The lowest BCUT2D eigenvalue weighted by Gasteiger charge is -2.07. The van der Waals surface area contributed by atoms with Crippen molar-refractivity contribution in [2.45, 2.75) is 0 Å². The number of thiocarbonyl (C=S) groups is 1. The Balaban J connectivity index is 1.88. The molecule has 0 heterocycles. The zero-order chi connectivity index (χ0) is 15.1. The van der Waals surface area contributed by atoms with Gasteiger partial charge in [0.25, 0.3) is 0 Å². The molecular weight excluding hydrogens is 289 g/mol. The molecule has 0 saturated carbocycles. The lowest BCUT2D eigenvalue weighted by atomic mass is 10.2. The predicted molar refractivity (Wildman–Crippen MR) is 86.3 cm³/mol. The molecule has 0 aliphatic rings. The fourth-order valence-electron chi connectivity index (χ4n) is 1.57. The molecule has 0 spiro atoms. The Bertz CT molecular complexity index is 644. The normalized spacial score (nSPS) is 10.4. The number of nitrogens with one attached hydrogen (secondary N) is 2. The van der Waals surface area contributed by atoms with E-state index in [1.807, 2.05) is 24.3 Å².